The van der Waals surface area contributed by atoms with E-state index < -0.39 is 0 Å². The Bertz CT molecular complexity index is 863. The van der Waals surface area contributed by atoms with Crippen LogP contribution in [0.3, 0.4) is 0 Å². The van der Waals surface area contributed by atoms with Crippen molar-refractivity contribution in [1.29, 1.82) is 0 Å². The number of anilines is 1. The lowest BCUT2D eigenvalue weighted by molar-refractivity contribution is -0.117. The fourth-order valence-electron chi connectivity index (χ4n) is 2.75. The van der Waals surface area contributed by atoms with E-state index in [1.807, 2.05) is 24.3 Å². The number of amides is 1. The Morgan fingerprint density at radius 2 is 2.21 bits per heavy atom. The predicted molar refractivity (Wildman–Crippen MR) is 90.1 cm³/mol. The summed E-state index contributed by atoms with van der Waals surface area (Å²) in [6.07, 6.45) is 5.48. The fourth-order valence-corrected chi connectivity index (χ4v) is 2.95. The number of nitrogens with zero attached hydrogens (tertiary/aromatic N) is 4. The monoisotopic (exact) mass is 339 g/mol. The minimum absolute atomic E-state index is 0.00952. The molecule has 120 valence electrons. The lowest BCUT2D eigenvalue weighted by Gasteiger charge is -2.06. The molecule has 0 bridgehead atoms. The first-order valence-electron chi connectivity index (χ1n) is 7.58. The number of nitrogens with one attached hydrogen (secondary N) is 1. The fraction of sp³-hybridized carbons (Fsp3) is 0.176. The third-order valence-corrected chi connectivity index (χ3v) is 4.31. The molecule has 1 saturated carbocycles. The number of rotatable bonds is 4. The molecule has 6 nitrogen and oxygen atoms in total. The minimum atomic E-state index is -0.0153. The lowest BCUT2D eigenvalue weighted by Crippen LogP contribution is -2.15. The van der Waals surface area contributed by atoms with Crippen LogP contribution in [0.2, 0.25) is 5.02 Å². The Labute approximate surface area is 143 Å². The van der Waals surface area contributed by atoms with Crippen LogP contribution in [-0.4, -0.2) is 25.7 Å². The molecule has 2 heterocycles. The van der Waals surface area contributed by atoms with Crippen LogP contribution in [0.5, 0.6) is 0 Å². The number of aromatic nitrogens is 4. The molecule has 1 amide bonds. The van der Waals surface area contributed by atoms with E-state index in [-0.39, 0.29) is 17.7 Å². The van der Waals surface area contributed by atoms with Gasteiger partial charge in [-0.05, 0) is 42.2 Å². The first-order valence-corrected chi connectivity index (χ1v) is 7.96. The molecule has 1 aromatic carbocycles. The maximum Gasteiger partial charge on any atom is 0.228 e. The topological polar surface area (TPSA) is 72.7 Å². The molecule has 1 N–H and O–H groups in total. The van der Waals surface area contributed by atoms with Crippen LogP contribution < -0.4 is 5.32 Å². The van der Waals surface area contributed by atoms with Crippen molar-refractivity contribution in [2.24, 2.45) is 5.92 Å². The summed E-state index contributed by atoms with van der Waals surface area (Å²) < 4.78 is 1.56. The summed E-state index contributed by atoms with van der Waals surface area (Å²) in [6, 6.07) is 11.3. The lowest BCUT2D eigenvalue weighted by atomic mass is 10.1. The zero-order valence-electron chi connectivity index (χ0n) is 12.6. The van der Waals surface area contributed by atoms with E-state index in [0.29, 0.717) is 16.5 Å². The van der Waals surface area contributed by atoms with E-state index >= 15 is 0 Å². The smallest absolute Gasteiger partial charge is 0.228 e. The van der Waals surface area contributed by atoms with Crippen LogP contribution in [0.15, 0.2) is 55.2 Å². The average molecular weight is 340 g/mol. The van der Waals surface area contributed by atoms with Crippen LogP contribution in [0.1, 0.15) is 17.9 Å². The van der Waals surface area contributed by atoms with E-state index in [2.05, 4.69) is 20.4 Å². The Kier molecular flexibility index (Phi) is 3.74. The van der Waals surface area contributed by atoms with Gasteiger partial charge in [0.05, 0.1) is 11.9 Å². The third kappa shape index (κ3) is 3.00. The summed E-state index contributed by atoms with van der Waals surface area (Å²) in [5, 5.41) is 7.62. The van der Waals surface area contributed by atoms with Crippen molar-refractivity contribution >= 4 is 23.2 Å². The molecule has 2 atom stereocenters. The van der Waals surface area contributed by atoms with Crippen molar-refractivity contribution in [2.45, 2.75) is 12.3 Å². The van der Waals surface area contributed by atoms with Crippen LogP contribution in [0.4, 0.5) is 5.69 Å². The van der Waals surface area contributed by atoms with Crippen LogP contribution in [-0.2, 0) is 4.79 Å². The first kappa shape index (κ1) is 14.8. The van der Waals surface area contributed by atoms with Gasteiger partial charge in [-0.1, -0.05) is 23.7 Å². The van der Waals surface area contributed by atoms with Crippen molar-refractivity contribution in [3.63, 3.8) is 0 Å². The van der Waals surface area contributed by atoms with Gasteiger partial charge in [-0.25, -0.2) is 14.6 Å². The molecule has 3 aromatic rings. The Balaban J connectivity index is 1.40. The van der Waals surface area contributed by atoms with Crippen molar-refractivity contribution in [2.75, 3.05) is 5.32 Å². The summed E-state index contributed by atoms with van der Waals surface area (Å²) >= 11 is 6.01. The molecule has 0 radical (unpaired) electrons. The molecule has 0 spiro atoms. The summed E-state index contributed by atoms with van der Waals surface area (Å²) in [5.41, 5.74) is 1.78. The highest BCUT2D eigenvalue weighted by atomic mass is 35.5. The minimum Gasteiger partial charge on any atom is -0.324 e. The predicted octanol–water partition coefficient (Wildman–Crippen LogP) is 3.06. The number of halogens is 1. The maximum atomic E-state index is 12.4. The van der Waals surface area contributed by atoms with Gasteiger partial charge in [0.2, 0.25) is 5.91 Å². The van der Waals surface area contributed by atoms with Gasteiger partial charge < -0.3 is 5.32 Å². The van der Waals surface area contributed by atoms with Crippen LogP contribution >= 0.6 is 11.6 Å². The summed E-state index contributed by atoms with van der Waals surface area (Å²) in [4.78, 5) is 20.5. The van der Waals surface area contributed by atoms with Gasteiger partial charge in [-0.2, -0.15) is 5.10 Å². The van der Waals surface area contributed by atoms with Gasteiger partial charge in [0.25, 0.3) is 0 Å². The molecule has 7 heteroatoms. The molecule has 24 heavy (non-hydrogen) atoms. The maximum absolute atomic E-state index is 12.4. The summed E-state index contributed by atoms with van der Waals surface area (Å²) in [5.74, 6) is 0.883. The third-order valence-electron chi connectivity index (χ3n) is 4.07. The largest absolute Gasteiger partial charge is 0.324 e. The van der Waals surface area contributed by atoms with E-state index in [0.717, 1.165) is 12.0 Å². The highest BCUT2D eigenvalue weighted by Gasteiger charge is 2.43. The Morgan fingerprint density at radius 3 is 2.92 bits per heavy atom. The number of pyridine rings is 1. The molecular weight excluding hydrogens is 326 g/mol. The molecule has 2 aromatic heterocycles. The van der Waals surface area contributed by atoms with Gasteiger partial charge in [0.15, 0.2) is 5.82 Å². The molecular formula is C17H14ClN5O. The van der Waals surface area contributed by atoms with Gasteiger partial charge in [0, 0.05) is 10.9 Å². The van der Waals surface area contributed by atoms with E-state index in [1.54, 1.807) is 29.3 Å². The second-order valence-electron chi connectivity index (χ2n) is 5.74. The normalized spacial score (nSPS) is 19.0. The molecule has 0 unspecified atom stereocenters. The van der Waals surface area contributed by atoms with E-state index in [4.69, 9.17) is 11.6 Å². The van der Waals surface area contributed by atoms with Crippen molar-refractivity contribution < 1.29 is 4.79 Å². The van der Waals surface area contributed by atoms with Gasteiger partial charge in [-0.3, -0.25) is 4.79 Å². The summed E-state index contributed by atoms with van der Waals surface area (Å²) in [7, 11) is 0. The Morgan fingerprint density at radius 1 is 1.29 bits per heavy atom. The number of hydrogen-bond donors (Lipinski definition) is 1. The molecule has 0 saturated heterocycles. The second-order valence-corrected chi connectivity index (χ2v) is 6.17. The number of carbonyl (C=O) groups is 1. The molecule has 1 fully saturated rings. The number of carbonyl (C=O) groups excluding carboxylic acids is 1. The molecule has 1 aliphatic carbocycles. The number of benzene rings is 1. The SMILES string of the molecule is O=C(Nc1ccc(-n2cncn2)nc1)[C@H]1C[C@H]1c1cccc(Cl)c1. The highest BCUT2D eigenvalue weighted by molar-refractivity contribution is 6.30. The van der Waals surface area contributed by atoms with Crippen molar-refractivity contribution in [3.05, 3.63) is 65.8 Å². The van der Waals surface area contributed by atoms with Crippen LogP contribution in [0.25, 0.3) is 5.82 Å². The van der Waals surface area contributed by atoms with Gasteiger partial charge in [0.1, 0.15) is 12.7 Å². The summed E-state index contributed by atoms with van der Waals surface area (Å²) in [6.45, 7) is 0. The number of hydrogen-bond acceptors (Lipinski definition) is 4. The van der Waals surface area contributed by atoms with E-state index in [1.165, 1.54) is 6.33 Å². The second kappa shape index (κ2) is 6.05. The van der Waals surface area contributed by atoms with Crippen molar-refractivity contribution in [1.82, 2.24) is 19.7 Å². The van der Waals surface area contributed by atoms with Crippen molar-refractivity contribution in [3.8, 4) is 5.82 Å². The Hall–Kier alpha value is -2.73. The molecule has 1 aliphatic rings. The molecule has 4 rings (SSSR count). The van der Waals surface area contributed by atoms with E-state index in [9.17, 15) is 4.79 Å². The molecule has 0 aliphatic heterocycles. The average Bonchev–Trinajstić information content (AvgIpc) is 3.22. The zero-order chi connectivity index (χ0) is 16.5. The quantitative estimate of drug-likeness (QED) is 0.793. The van der Waals surface area contributed by atoms with Gasteiger partial charge >= 0.3 is 0 Å². The zero-order valence-corrected chi connectivity index (χ0v) is 13.4. The van der Waals surface area contributed by atoms with Crippen LogP contribution in [0, 0.1) is 5.92 Å². The first-order chi connectivity index (χ1) is 11.7. The van der Waals surface area contributed by atoms with Gasteiger partial charge in [-0.15, -0.1) is 0 Å². The standard InChI is InChI=1S/C17H14ClN5O/c18-12-3-1-2-11(6-12)14-7-15(14)17(24)22-13-4-5-16(20-8-13)23-10-19-9-21-23/h1-6,8-10,14-15H,7H2,(H,22,24)/t14-,15-/m0/s1. The highest BCUT2D eigenvalue weighted by Crippen LogP contribution is 2.48.